The Kier molecular flexibility index (Phi) is 5.43. The number of fused-ring (bicyclic) bond motifs is 1. The van der Waals surface area contributed by atoms with Crippen LogP contribution in [0.5, 0.6) is 0 Å². The minimum atomic E-state index is 0.576. The van der Waals surface area contributed by atoms with Crippen LogP contribution in [0, 0.1) is 5.92 Å². The predicted octanol–water partition coefficient (Wildman–Crippen LogP) is 4.72. The highest BCUT2D eigenvalue weighted by Gasteiger charge is 2.32. The fourth-order valence-electron chi connectivity index (χ4n) is 6.08. The maximum absolute atomic E-state index is 5.11. The molecule has 0 bridgehead atoms. The van der Waals surface area contributed by atoms with Gasteiger partial charge in [-0.2, -0.15) is 0 Å². The molecule has 0 spiro atoms. The molecule has 0 radical (unpaired) electrons. The van der Waals surface area contributed by atoms with Gasteiger partial charge in [-0.05, 0) is 63.6 Å². The Bertz CT molecular complexity index is 777. The number of likely N-dealkylation sites (tertiary alicyclic amines) is 1. The van der Waals surface area contributed by atoms with Gasteiger partial charge in [-0.3, -0.25) is 0 Å². The third-order valence-electron chi connectivity index (χ3n) is 7.82. The molecule has 4 nitrogen and oxygen atoms in total. The van der Waals surface area contributed by atoms with Crippen LogP contribution in [0.25, 0.3) is 11.0 Å². The van der Waals surface area contributed by atoms with Crippen LogP contribution in [0.1, 0.15) is 76.1 Å². The molecular formula is C24H36N4. The normalized spacial score (nSPS) is 26.8. The maximum atomic E-state index is 5.11. The summed E-state index contributed by atoms with van der Waals surface area (Å²) in [5.74, 6) is 2.84. The van der Waals surface area contributed by atoms with Crippen LogP contribution in [0.2, 0.25) is 0 Å². The highest BCUT2D eigenvalue weighted by molar-refractivity contribution is 5.76. The van der Waals surface area contributed by atoms with Crippen molar-refractivity contribution in [2.75, 3.05) is 26.2 Å². The Morgan fingerprint density at radius 2 is 1.79 bits per heavy atom. The van der Waals surface area contributed by atoms with Crippen LogP contribution in [0.4, 0.5) is 0 Å². The fraction of sp³-hybridized carbons (Fsp3) is 0.708. The van der Waals surface area contributed by atoms with Crippen molar-refractivity contribution in [3.63, 3.8) is 0 Å². The summed E-state index contributed by atoms with van der Waals surface area (Å²) in [7, 11) is 0. The molecule has 3 fully saturated rings. The molecule has 1 aromatic carbocycles. The molecule has 1 aromatic heterocycles. The number of piperidine rings is 1. The van der Waals surface area contributed by atoms with Gasteiger partial charge in [-0.15, -0.1) is 0 Å². The van der Waals surface area contributed by atoms with Crippen LogP contribution in [-0.2, 0) is 0 Å². The van der Waals surface area contributed by atoms with Gasteiger partial charge in [-0.25, -0.2) is 4.98 Å². The lowest BCUT2D eigenvalue weighted by Gasteiger charge is -2.41. The zero-order valence-corrected chi connectivity index (χ0v) is 17.4. The van der Waals surface area contributed by atoms with Gasteiger partial charge in [0.25, 0.3) is 0 Å². The van der Waals surface area contributed by atoms with Crippen molar-refractivity contribution in [1.29, 1.82) is 0 Å². The standard InChI is InChI=1S/C24H36N4/c1-18(19-7-3-2-4-8-19)27-15-12-21(13-16-27)28-23-10-6-5-9-22(23)26-24(28)20-11-14-25-17-20/h5-6,9-10,18-21,25H,2-4,7-8,11-17H2,1H3/t18-,20?/m0/s1. The second-order valence-corrected chi connectivity index (χ2v) is 9.42. The Hall–Kier alpha value is -1.39. The van der Waals surface area contributed by atoms with E-state index in [1.54, 1.807) is 0 Å². The van der Waals surface area contributed by atoms with E-state index in [0.29, 0.717) is 12.0 Å². The van der Waals surface area contributed by atoms with Gasteiger partial charge in [0.2, 0.25) is 0 Å². The van der Waals surface area contributed by atoms with E-state index >= 15 is 0 Å². The molecule has 152 valence electrons. The minimum absolute atomic E-state index is 0.576. The van der Waals surface area contributed by atoms with Gasteiger partial charge in [0.15, 0.2) is 0 Å². The van der Waals surface area contributed by atoms with Crippen LogP contribution >= 0.6 is 0 Å². The topological polar surface area (TPSA) is 33.1 Å². The van der Waals surface area contributed by atoms with Crippen LogP contribution < -0.4 is 5.32 Å². The van der Waals surface area contributed by atoms with E-state index in [-0.39, 0.29) is 0 Å². The van der Waals surface area contributed by atoms with Crippen molar-refractivity contribution in [2.24, 2.45) is 5.92 Å². The molecule has 0 amide bonds. The highest BCUT2D eigenvalue weighted by atomic mass is 15.2. The summed E-state index contributed by atoms with van der Waals surface area (Å²) in [5, 5.41) is 3.54. The molecular weight excluding hydrogens is 344 g/mol. The first kappa shape index (κ1) is 18.6. The first-order valence-electron chi connectivity index (χ1n) is 11.7. The van der Waals surface area contributed by atoms with Crippen molar-refractivity contribution in [1.82, 2.24) is 19.8 Å². The summed E-state index contributed by atoms with van der Waals surface area (Å²) in [6.07, 6.45) is 11.0. The summed E-state index contributed by atoms with van der Waals surface area (Å²) in [4.78, 5) is 7.90. The smallest absolute Gasteiger partial charge is 0.114 e. The van der Waals surface area contributed by atoms with Crippen LogP contribution in [0.3, 0.4) is 0 Å². The van der Waals surface area contributed by atoms with E-state index in [0.717, 1.165) is 25.0 Å². The third-order valence-corrected chi connectivity index (χ3v) is 7.82. The zero-order chi connectivity index (χ0) is 18.9. The lowest BCUT2D eigenvalue weighted by molar-refractivity contribution is 0.0914. The van der Waals surface area contributed by atoms with Gasteiger partial charge in [0.1, 0.15) is 5.82 Å². The summed E-state index contributed by atoms with van der Waals surface area (Å²) in [6, 6.07) is 10.2. The Morgan fingerprint density at radius 3 is 2.54 bits per heavy atom. The number of rotatable bonds is 4. The monoisotopic (exact) mass is 380 g/mol. The molecule has 1 saturated carbocycles. The second-order valence-electron chi connectivity index (χ2n) is 9.42. The quantitative estimate of drug-likeness (QED) is 0.833. The van der Waals surface area contributed by atoms with Crippen LogP contribution in [0.15, 0.2) is 24.3 Å². The first-order valence-corrected chi connectivity index (χ1v) is 11.7. The van der Waals surface area contributed by atoms with E-state index in [2.05, 4.69) is 46.0 Å². The third kappa shape index (κ3) is 3.50. The molecule has 2 saturated heterocycles. The number of para-hydroxylation sites is 2. The number of hydrogen-bond acceptors (Lipinski definition) is 3. The Morgan fingerprint density at radius 1 is 1.00 bits per heavy atom. The molecule has 2 atom stereocenters. The summed E-state index contributed by atoms with van der Waals surface area (Å²) in [6.45, 7) is 7.21. The van der Waals surface area contributed by atoms with E-state index in [1.807, 2.05) is 0 Å². The molecule has 5 rings (SSSR count). The average Bonchev–Trinajstić information content (AvgIpc) is 3.42. The summed E-state index contributed by atoms with van der Waals surface area (Å²) < 4.78 is 2.63. The summed E-state index contributed by atoms with van der Waals surface area (Å²) >= 11 is 0. The predicted molar refractivity (Wildman–Crippen MR) is 116 cm³/mol. The van der Waals surface area contributed by atoms with Crippen LogP contribution in [-0.4, -0.2) is 46.7 Å². The molecule has 3 aliphatic rings. The number of aromatic nitrogens is 2. The molecule has 2 aliphatic heterocycles. The molecule has 3 heterocycles. The average molecular weight is 381 g/mol. The van der Waals surface area contributed by atoms with Crippen molar-refractivity contribution < 1.29 is 0 Å². The zero-order valence-electron chi connectivity index (χ0n) is 17.4. The maximum Gasteiger partial charge on any atom is 0.114 e. The summed E-state index contributed by atoms with van der Waals surface area (Å²) in [5.41, 5.74) is 2.53. The Labute approximate surface area is 169 Å². The highest BCUT2D eigenvalue weighted by Crippen LogP contribution is 2.36. The molecule has 1 N–H and O–H groups in total. The lowest BCUT2D eigenvalue weighted by Crippen LogP contribution is -2.44. The van der Waals surface area contributed by atoms with E-state index < -0.39 is 0 Å². The molecule has 2 aromatic rings. The largest absolute Gasteiger partial charge is 0.324 e. The van der Waals surface area contributed by atoms with Gasteiger partial charge >= 0.3 is 0 Å². The van der Waals surface area contributed by atoms with E-state index in [1.165, 1.54) is 81.3 Å². The Balaban J connectivity index is 1.34. The number of nitrogens with one attached hydrogen (secondary N) is 1. The molecule has 4 heteroatoms. The van der Waals surface area contributed by atoms with Gasteiger partial charge in [-0.1, -0.05) is 31.4 Å². The van der Waals surface area contributed by atoms with Crippen molar-refractivity contribution in [3.8, 4) is 0 Å². The first-order chi connectivity index (χ1) is 13.8. The number of hydrogen-bond donors (Lipinski definition) is 1. The van der Waals surface area contributed by atoms with Crippen molar-refractivity contribution in [3.05, 3.63) is 30.1 Å². The van der Waals surface area contributed by atoms with E-state index in [4.69, 9.17) is 4.98 Å². The van der Waals surface area contributed by atoms with Crippen molar-refractivity contribution >= 4 is 11.0 Å². The van der Waals surface area contributed by atoms with Gasteiger partial charge < -0.3 is 14.8 Å². The minimum Gasteiger partial charge on any atom is -0.324 e. The molecule has 1 unspecified atom stereocenters. The van der Waals surface area contributed by atoms with Gasteiger partial charge in [0, 0.05) is 37.6 Å². The number of imidazole rings is 1. The number of benzene rings is 1. The number of nitrogens with zero attached hydrogens (tertiary/aromatic N) is 3. The molecule has 28 heavy (non-hydrogen) atoms. The second kappa shape index (κ2) is 8.16. The molecule has 1 aliphatic carbocycles. The SMILES string of the molecule is C[C@@H](C1CCCCC1)N1CCC(n2c(C3CCNC3)nc3ccccc32)CC1. The van der Waals surface area contributed by atoms with Gasteiger partial charge in [0.05, 0.1) is 11.0 Å². The van der Waals surface area contributed by atoms with E-state index in [9.17, 15) is 0 Å². The van der Waals surface area contributed by atoms with Crippen molar-refractivity contribution in [2.45, 2.75) is 76.3 Å². The lowest BCUT2D eigenvalue weighted by atomic mass is 9.83. The fourth-order valence-corrected chi connectivity index (χ4v) is 6.08.